The molecular weight excluding hydrogens is 496 g/mol. The lowest BCUT2D eigenvalue weighted by atomic mass is 10.2. The number of hydrogen-bond acceptors (Lipinski definition) is 5. The summed E-state index contributed by atoms with van der Waals surface area (Å²) < 4.78 is 15.4. The van der Waals surface area contributed by atoms with Crippen LogP contribution in [0, 0.1) is 13.8 Å². The number of benzene rings is 2. The number of rotatable bonds is 9. The summed E-state index contributed by atoms with van der Waals surface area (Å²) in [6, 6.07) is 25.3. The molecule has 5 aromatic rings. The van der Waals surface area contributed by atoms with E-state index in [4.69, 9.17) is 14.3 Å². The highest BCUT2D eigenvalue weighted by Gasteiger charge is 2.12. The third-order valence-corrected chi connectivity index (χ3v) is 6.17. The Kier molecular flexibility index (Phi) is 7.13. The van der Waals surface area contributed by atoms with Crippen molar-refractivity contribution in [3.05, 3.63) is 125 Å². The molecule has 2 N–H and O–H groups in total. The van der Waals surface area contributed by atoms with Crippen LogP contribution in [0.1, 0.15) is 43.8 Å². The molecule has 3 aromatic heterocycles. The van der Waals surface area contributed by atoms with E-state index in [0.29, 0.717) is 17.2 Å². The minimum Gasteiger partial charge on any atom is -0.486 e. The summed E-state index contributed by atoms with van der Waals surface area (Å²) in [6.45, 7) is 4.30. The lowest BCUT2D eigenvalue weighted by Gasteiger charge is -2.10. The molecule has 196 valence electrons. The second-order valence-corrected chi connectivity index (χ2v) is 8.85. The van der Waals surface area contributed by atoms with Crippen LogP contribution in [-0.4, -0.2) is 32.3 Å². The van der Waals surface area contributed by atoms with Gasteiger partial charge in [-0.05, 0) is 98.8 Å². The molecule has 0 aliphatic rings. The summed E-state index contributed by atoms with van der Waals surface area (Å²) in [5.41, 5.74) is 7.50. The number of furan rings is 1. The van der Waals surface area contributed by atoms with Gasteiger partial charge in [-0.25, -0.2) is 10.2 Å². The van der Waals surface area contributed by atoms with Gasteiger partial charge in [-0.15, -0.1) is 0 Å². The topological polar surface area (TPSA) is 111 Å². The molecule has 9 heteroatoms. The summed E-state index contributed by atoms with van der Waals surface area (Å²) in [6.07, 6.45) is 3.31. The molecule has 0 radical (unpaired) electrons. The van der Waals surface area contributed by atoms with E-state index in [1.807, 2.05) is 47.2 Å². The zero-order valence-electron chi connectivity index (χ0n) is 21.4. The quantitative estimate of drug-likeness (QED) is 0.196. The summed E-state index contributed by atoms with van der Waals surface area (Å²) >= 11 is 0. The molecule has 0 atom stereocenters. The van der Waals surface area contributed by atoms with Gasteiger partial charge in [-0.3, -0.25) is 4.79 Å². The van der Waals surface area contributed by atoms with Crippen LogP contribution < -0.4 is 10.2 Å². The van der Waals surface area contributed by atoms with Gasteiger partial charge in [0.15, 0.2) is 5.76 Å². The fourth-order valence-corrected chi connectivity index (χ4v) is 4.21. The highest BCUT2D eigenvalue weighted by molar-refractivity contribution is 5.92. The van der Waals surface area contributed by atoms with E-state index in [-0.39, 0.29) is 17.9 Å². The molecule has 3 heterocycles. The predicted octanol–water partition coefficient (Wildman–Crippen LogP) is 5.52. The number of hydrazone groups is 1. The molecule has 0 aliphatic heterocycles. The molecule has 9 nitrogen and oxygen atoms in total. The normalized spacial score (nSPS) is 11.1. The number of nitrogens with one attached hydrogen (secondary N) is 1. The Morgan fingerprint density at radius 2 is 1.62 bits per heavy atom. The molecule has 39 heavy (non-hydrogen) atoms. The standard InChI is InChI=1S/C30H26N4O5/c1-20-5-6-21(2)34(20)24-11-13-26(14-12-24)38-19-27-15-16-28(39-27)29(35)32-31-18-25-4-3-17-33(25)23-9-7-22(8-10-23)30(36)37/h3-18H,19H2,1-2H3,(H,32,35)(H,36,37)/b31-18+. The molecule has 0 saturated carbocycles. The van der Waals surface area contributed by atoms with Gasteiger partial charge in [0.1, 0.15) is 18.1 Å². The monoisotopic (exact) mass is 522 g/mol. The largest absolute Gasteiger partial charge is 0.486 e. The van der Waals surface area contributed by atoms with Crippen LogP contribution in [0.2, 0.25) is 0 Å². The van der Waals surface area contributed by atoms with E-state index in [2.05, 4.69) is 41.1 Å². The van der Waals surface area contributed by atoms with Crippen molar-refractivity contribution in [3.63, 3.8) is 0 Å². The number of aryl methyl sites for hydroxylation is 2. The Labute approximate surface area is 224 Å². The Morgan fingerprint density at radius 1 is 0.923 bits per heavy atom. The average Bonchev–Trinajstić information content (AvgIpc) is 3.68. The predicted molar refractivity (Wildman–Crippen MR) is 146 cm³/mol. The lowest BCUT2D eigenvalue weighted by Crippen LogP contribution is -2.17. The maximum absolute atomic E-state index is 12.5. The fraction of sp³-hybridized carbons (Fsp3) is 0.100. The number of carbonyl (C=O) groups excluding carboxylic acids is 1. The van der Waals surface area contributed by atoms with Crippen LogP contribution in [0.5, 0.6) is 5.75 Å². The van der Waals surface area contributed by atoms with Gasteiger partial charge in [0.25, 0.3) is 0 Å². The van der Waals surface area contributed by atoms with Crippen LogP contribution in [0.4, 0.5) is 0 Å². The third kappa shape index (κ3) is 5.67. The van der Waals surface area contributed by atoms with E-state index in [1.165, 1.54) is 18.3 Å². The van der Waals surface area contributed by atoms with Crippen molar-refractivity contribution in [1.29, 1.82) is 0 Å². The Morgan fingerprint density at radius 3 is 2.31 bits per heavy atom. The minimum atomic E-state index is -0.987. The van der Waals surface area contributed by atoms with Crippen molar-refractivity contribution in [2.75, 3.05) is 0 Å². The smallest absolute Gasteiger partial charge is 0.335 e. The van der Waals surface area contributed by atoms with Crippen LogP contribution in [0.3, 0.4) is 0 Å². The molecule has 0 unspecified atom stereocenters. The van der Waals surface area contributed by atoms with Crippen molar-refractivity contribution in [1.82, 2.24) is 14.6 Å². The number of hydrogen-bond donors (Lipinski definition) is 2. The fourth-order valence-electron chi connectivity index (χ4n) is 4.21. The first-order valence-corrected chi connectivity index (χ1v) is 12.2. The molecule has 1 amide bonds. The Bertz CT molecular complexity index is 1620. The zero-order valence-corrected chi connectivity index (χ0v) is 21.4. The third-order valence-electron chi connectivity index (χ3n) is 6.17. The van der Waals surface area contributed by atoms with E-state index in [0.717, 1.165) is 22.8 Å². The van der Waals surface area contributed by atoms with Gasteiger partial charge >= 0.3 is 11.9 Å². The Balaban J connectivity index is 1.16. The van der Waals surface area contributed by atoms with Gasteiger partial charge in [-0.1, -0.05) is 0 Å². The van der Waals surface area contributed by atoms with E-state index in [9.17, 15) is 9.59 Å². The molecule has 0 bridgehead atoms. The zero-order chi connectivity index (χ0) is 27.4. The van der Waals surface area contributed by atoms with Crippen LogP contribution in [0.15, 0.2) is 101 Å². The summed E-state index contributed by atoms with van der Waals surface area (Å²) in [5.74, 6) is -0.182. The number of carboxylic acids is 1. The van der Waals surface area contributed by atoms with Crippen LogP contribution in [0.25, 0.3) is 11.4 Å². The Hall–Kier alpha value is -5.31. The minimum absolute atomic E-state index is 0.110. The second-order valence-electron chi connectivity index (χ2n) is 8.85. The molecule has 0 fully saturated rings. The van der Waals surface area contributed by atoms with Crippen LogP contribution in [-0.2, 0) is 6.61 Å². The van der Waals surface area contributed by atoms with Crippen LogP contribution >= 0.6 is 0 Å². The van der Waals surface area contributed by atoms with Gasteiger partial charge in [-0.2, -0.15) is 5.10 Å². The van der Waals surface area contributed by atoms with Crippen molar-refractivity contribution in [3.8, 4) is 17.1 Å². The molecule has 2 aromatic carbocycles. The van der Waals surface area contributed by atoms with Crippen molar-refractivity contribution in [2.45, 2.75) is 20.5 Å². The number of aromatic nitrogens is 2. The average molecular weight is 523 g/mol. The number of nitrogens with zero attached hydrogens (tertiary/aromatic N) is 3. The van der Waals surface area contributed by atoms with Crippen molar-refractivity contribution < 1.29 is 23.8 Å². The van der Waals surface area contributed by atoms with Gasteiger partial charge in [0.2, 0.25) is 0 Å². The second kappa shape index (κ2) is 11.0. The van der Waals surface area contributed by atoms with Crippen molar-refractivity contribution in [2.24, 2.45) is 5.10 Å². The summed E-state index contributed by atoms with van der Waals surface area (Å²) in [5, 5.41) is 13.1. The number of aromatic carboxylic acids is 1. The van der Waals surface area contributed by atoms with Crippen molar-refractivity contribution >= 4 is 18.1 Å². The highest BCUT2D eigenvalue weighted by Crippen LogP contribution is 2.21. The SMILES string of the molecule is Cc1ccc(C)n1-c1ccc(OCc2ccc(C(=O)N/N=C/c3cccn3-c3ccc(C(=O)O)cc3)o2)cc1. The molecular formula is C30H26N4O5. The van der Waals surface area contributed by atoms with Gasteiger partial charge < -0.3 is 23.4 Å². The van der Waals surface area contributed by atoms with Gasteiger partial charge in [0, 0.05) is 29.0 Å². The van der Waals surface area contributed by atoms with Gasteiger partial charge in [0.05, 0.1) is 17.5 Å². The number of carbonyl (C=O) groups is 2. The van der Waals surface area contributed by atoms with E-state index in [1.54, 1.807) is 24.3 Å². The summed E-state index contributed by atoms with van der Waals surface area (Å²) in [4.78, 5) is 23.6. The number of amides is 1. The first-order chi connectivity index (χ1) is 18.9. The first kappa shape index (κ1) is 25.3. The molecule has 0 aliphatic carbocycles. The highest BCUT2D eigenvalue weighted by atomic mass is 16.5. The maximum atomic E-state index is 12.5. The lowest BCUT2D eigenvalue weighted by molar-refractivity contribution is 0.0696. The molecule has 0 saturated heterocycles. The van der Waals surface area contributed by atoms with E-state index >= 15 is 0 Å². The first-order valence-electron chi connectivity index (χ1n) is 12.2. The number of carboxylic acid groups (broad SMARTS) is 1. The van der Waals surface area contributed by atoms with E-state index < -0.39 is 11.9 Å². The maximum Gasteiger partial charge on any atom is 0.335 e. The molecule has 5 rings (SSSR count). The number of ether oxygens (including phenoxy) is 1. The molecule has 0 spiro atoms. The summed E-state index contributed by atoms with van der Waals surface area (Å²) in [7, 11) is 0.